The van der Waals surface area contributed by atoms with Crippen molar-refractivity contribution in [3.8, 4) is 0 Å². The Kier molecular flexibility index (Phi) is 8.68. The van der Waals surface area contributed by atoms with Gasteiger partial charge in [-0.05, 0) is 49.5 Å². The molecule has 1 aromatic carbocycles. The van der Waals surface area contributed by atoms with Crippen LogP contribution in [-0.2, 0) is 11.2 Å². The van der Waals surface area contributed by atoms with Crippen molar-refractivity contribution < 1.29 is 4.79 Å². The summed E-state index contributed by atoms with van der Waals surface area (Å²) in [5.41, 5.74) is 1.40. The fraction of sp³-hybridized carbons (Fsp3) is 0.600. The van der Waals surface area contributed by atoms with Crippen molar-refractivity contribution in [2.24, 2.45) is 16.8 Å². The molecule has 144 valence electrons. The van der Waals surface area contributed by atoms with Crippen LogP contribution in [0.2, 0.25) is 0 Å². The first-order chi connectivity index (χ1) is 12.2. The normalized spacial score (nSPS) is 18.2. The summed E-state index contributed by atoms with van der Waals surface area (Å²) in [6.45, 7) is 3.02. The van der Waals surface area contributed by atoms with Crippen LogP contribution in [0.5, 0.6) is 0 Å². The molecule has 1 aromatic rings. The van der Waals surface area contributed by atoms with E-state index in [1.165, 1.54) is 18.4 Å². The van der Waals surface area contributed by atoms with Gasteiger partial charge in [0.2, 0.25) is 5.91 Å². The van der Waals surface area contributed by atoms with Crippen molar-refractivity contribution in [1.29, 1.82) is 0 Å². The monoisotopic (exact) mass is 470 g/mol. The minimum absolute atomic E-state index is 0. The van der Waals surface area contributed by atoms with Gasteiger partial charge in [-0.25, -0.2) is 0 Å². The van der Waals surface area contributed by atoms with Crippen molar-refractivity contribution in [2.45, 2.75) is 32.1 Å². The van der Waals surface area contributed by atoms with Gasteiger partial charge in [0.1, 0.15) is 0 Å². The van der Waals surface area contributed by atoms with Gasteiger partial charge in [0.05, 0.1) is 6.54 Å². The van der Waals surface area contributed by atoms with E-state index in [9.17, 15) is 4.79 Å². The Morgan fingerprint density at radius 3 is 2.38 bits per heavy atom. The summed E-state index contributed by atoms with van der Waals surface area (Å²) in [4.78, 5) is 18.6. The molecule has 5 nitrogen and oxygen atoms in total. The topological polar surface area (TPSA) is 56.7 Å². The molecule has 0 spiro atoms. The molecule has 3 rings (SSSR count). The zero-order valence-electron chi connectivity index (χ0n) is 15.6. The van der Waals surface area contributed by atoms with Crippen molar-refractivity contribution >= 4 is 35.8 Å². The van der Waals surface area contributed by atoms with Crippen LogP contribution >= 0.6 is 24.0 Å². The zero-order chi connectivity index (χ0) is 17.5. The average Bonchev–Trinajstić information content (AvgIpc) is 3.47. The number of amides is 1. The van der Waals surface area contributed by atoms with E-state index in [4.69, 9.17) is 0 Å². The van der Waals surface area contributed by atoms with Crippen LogP contribution in [-0.4, -0.2) is 50.0 Å². The quantitative estimate of drug-likeness (QED) is 0.382. The van der Waals surface area contributed by atoms with Gasteiger partial charge in [0.15, 0.2) is 5.96 Å². The van der Waals surface area contributed by atoms with Crippen LogP contribution in [0, 0.1) is 11.8 Å². The van der Waals surface area contributed by atoms with Crippen LogP contribution in [0.4, 0.5) is 0 Å². The van der Waals surface area contributed by atoms with E-state index in [-0.39, 0.29) is 29.9 Å². The molecular weight excluding hydrogens is 439 g/mol. The van der Waals surface area contributed by atoms with Crippen molar-refractivity contribution in [3.05, 3.63) is 35.9 Å². The lowest BCUT2D eigenvalue weighted by Gasteiger charge is -2.32. The number of carbonyl (C=O) groups is 1. The lowest BCUT2D eigenvalue weighted by molar-refractivity contribution is -0.131. The van der Waals surface area contributed by atoms with Gasteiger partial charge in [-0.15, -0.1) is 24.0 Å². The molecule has 2 aliphatic rings. The molecule has 2 fully saturated rings. The van der Waals surface area contributed by atoms with Crippen molar-refractivity contribution in [3.63, 3.8) is 0 Å². The molecule has 1 aliphatic carbocycles. The fourth-order valence-corrected chi connectivity index (χ4v) is 3.39. The number of likely N-dealkylation sites (tertiary alicyclic amines) is 1. The predicted octanol–water partition coefficient (Wildman–Crippen LogP) is 2.66. The lowest BCUT2D eigenvalue weighted by Crippen LogP contribution is -2.47. The van der Waals surface area contributed by atoms with Crippen LogP contribution < -0.4 is 10.6 Å². The second-order valence-corrected chi connectivity index (χ2v) is 7.26. The molecule has 2 N–H and O–H groups in total. The number of carbonyl (C=O) groups excluding carboxylic acids is 1. The van der Waals surface area contributed by atoms with Crippen molar-refractivity contribution in [2.75, 3.05) is 33.2 Å². The number of piperidine rings is 1. The van der Waals surface area contributed by atoms with Gasteiger partial charge in [0.25, 0.3) is 0 Å². The van der Waals surface area contributed by atoms with Gasteiger partial charge < -0.3 is 15.5 Å². The third-order valence-corrected chi connectivity index (χ3v) is 5.22. The molecule has 0 atom stereocenters. The number of aliphatic imine (C=N–C) groups is 1. The maximum Gasteiger partial charge on any atom is 0.241 e. The summed E-state index contributed by atoms with van der Waals surface area (Å²) in [7, 11) is 1.75. The molecule has 0 bridgehead atoms. The Balaban J connectivity index is 0.00000243. The summed E-state index contributed by atoms with van der Waals surface area (Å²) in [5.74, 6) is 2.39. The SMILES string of the molecule is CN=C(NCC(=O)N1CCC(Cc2ccccc2)CC1)NCC1CC1.I. The van der Waals surface area contributed by atoms with E-state index in [0.717, 1.165) is 50.8 Å². The second kappa shape index (κ2) is 10.7. The number of rotatable bonds is 6. The van der Waals surface area contributed by atoms with E-state index >= 15 is 0 Å². The molecule has 1 amide bonds. The lowest BCUT2D eigenvalue weighted by atomic mass is 9.90. The molecule has 0 unspecified atom stereocenters. The molecular formula is C20H31IN4O. The minimum atomic E-state index is 0. The highest BCUT2D eigenvalue weighted by Gasteiger charge is 2.23. The maximum atomic E-state index is 12.4. The number of nitrogens with zero attached hydrogens (tertiary/aromatic N) is 2. The predicted molar refractivity (Wildman–Crippen MR) is 117 cm³/mol. The third kappa shape index (κ3) is 6.78. The highest BCUT2D eigenvalue weighted by molar-refractivity contribution is 14.0. The summed E-state index contributed by atoms with van der Waals surface area (Å²) in [6.07, 6.45) is 5.92. The summed E-state index contributed by atoms with van der Waals surface area (Å²) >= 11 is 0. The summed E-state index contributed by atoms with van der Waals surface area (Å²) < 4.78 is 0. The summed E-state index contributed by atoms with van der Waals surface area (Å²) in [5, 5.41) is 6.44. The molecule has 1 saturated carbocycles. The van der Waals surface area contributed by atoms with Gasteiger partial charge in [-0.1, -0.05) is 30.3 Å². The first-order valence-corrected chi connectivity index (χ1v) is 9.51. The van der Waals surface area contributed by atoms with Gasteiger partial charge in [-0.2, -0.15) is 0 Å². The Morgan fingerprint density at radius 1 is 1.08 bits per heavy atom. The average molecular weight is 470 g/mol. The van der Waals surface area contributed by atoms with Crippen molar-refractivity contribution in [1.82, 2.24) is 15.5 Å². The zero-order valence-corrected chi connectivity index (χ0v) is 17.9. The Bertz CT molecular complexity index is 581. The van der Waals surface area contributed by atoms with Crippen LogP contribution in [0.1, 0.15) is 31.2 Å². The maximum absolute atomic E-state index is 12.4. The molecule has 1 saturated heterocycles. The van der Waals surface area contributed by atoms with Gasteiger partial charge in [0, 0.05) is 26.7 Å². The van der Waals surface area contributed by atoms with E-state index in [1.54, 1.807) is 7.05 Å². The second-order valence-electron chi connectivity index (χ2n) is 7.26. The molecule has 1 heterocycles. The minimum Gasteiger partial charge on any atom is -0.356 e. The van der Waals surface area contributed by atoms with E-state index < -0.39 is 0 Å². The smallest absolute Gasteiger partial charge is 0.241 e. The number of hydrogen-bond acceptors (Lipinski definition) is 2. The van der Waals surface area contributed by atoms with Crippen LogP contribution in [0.25, 0.3) is 0 Å². The molecule has 26 heavy (non-hydrogen) atoms. The molecule has 0 aromatic heterocycles. The molecule has 0 radical (unpaired) electrons. The Labute approximate surface area is 174 Å². The number of guanidine groups is 1. The number of nitrogens with one attached hydrogen (secondary N) is 2. The number of halogens is 1. The fourth-order valence-electron chi connectivity index (χ4n) is 3.39. The Hall–Kier alpha value is -1.31. The van der Waals surface area contributed by atoms with Crippen LogP contribution in [0.15, 0.2) is 35.3 Å². The van der Waals surface area contributed by atoms with E-state index in [0.29, 0.717) is 12.5 Å². The van der Waals surface area contributed by atoms with Crippen LogP contribution in [0.3, 0.4) is 0 Å². The first-order valence-electron chi connectivity index (χ1n) is 9.51. The highest BCUT2D eigenvalue weighted by Crippen LogP contribution is 2.27. The standard InChI is InChI=1S/C20H30N4O.HI/c1-21-20(22-14-18-7-8-18)23-15-19(25)24-11-9-17(10-12-24)13-16-5-3-2-4-6-16;/h2-6,17-18H,7-15H2,1H3,(H2,21,22,23);1H. The van der Waals surface area contributed by atoms with Gasteiger partial charge >= 0.3 is 0 Å². The third-order valence-electron chi connectivity index (χ3n) is 5.22. The number of hydrogen-bond donors (Lipinski definition) is 2. The number of benzene rings is 1. The van der Waals surface area contributed by atoms with E-state index in [2.05, 4.69) is 46.0 Å². The largest absolute Gasteiger partial charge is 0.356 e. The Morgan fingerprint density at radius 2 is 1.77 bits per heavy atom. The highest BCUT2D eigenvalue weighted by atomic mass is 127. The molecule has 1 aliphatic heterocycles. The molecule has 6 heteroatoms. The van der Waals surface area contributed by atoms with E-state index in [1.807, 2.05) is 4.90 Å². The summed E-state index contributed by atoms with van der Waals surface area (Å²) in [6, 6.07) is 10.7. The first kappa shape index (κ1) is 21.0. The van der Waals surface area contributed by atoms with Gasteiger partial charge in [-0.3, -0.25) is 9.79 Å².